The summed E-state index contributed by atoms with van der Waals surface area (Å²) >= 11 is 0. The van der Waals surface area contributed by atoms with Gasteiger partial charge in [-0.25, -0.2) is 4.98 Å². The van der Waals surface area contributed by atoms with Crippen molar-refractivity contribution in [2.75, 3.05) is 19.8 Å². The Labute approximate surface area is 112 Å². The van der Waals surface area contributed by atoms with Gasteiger partial charge in [0.05, 0.1) is 13.2 Å². The topological polar surface area (TPSA) is 61.3 Å². The van der Waals surface area contributed by atoms with E-state index in [0.29, 0.717) is 18.4 Å². The second-order valence-corrected chi connectivity index (χ2v) is 5.54. The zero-order valence-corrected chi connectivity index (χ0v) is 11.5. The van der Waals surface area contributed by atoms with Crippen molar-refractivity contribution in [2.45, 2.75) is 25.7 Å². The Morgan fingerprint density at radius 2 is 2.21 bits per heavy atom. The molecule has 1 aromatic carbocycles. The molecule has 1 aliphatic rings. The molecule has 0 spiro atoms. The third-order valence-corrected chi connectivity index (χ3v) is 4.33. The highest BCUT2D eigenvalue weighted by atomic mass is 16.5. The molecule has 0 bridgehead atoms. The molecule has 1 aliphatic heterocycles. The molecule has 19 heavy (non-hydrogen) atoms. The molecule has 102 valence electrons. The Balaban J connectivity index is 2.01. The molecule has 0 amide bonds. The van der Waals surface area contributed by atoms with Crippen molar-refractivity contribution in [1.82, 2.24) is 4.98 Å². The molecule has 2 heterocycles. The zero-order chi connectivity index (χ0) is 13.5. The van der Waals surface area contributed by atoms with Crippen LogP contribution in [0.4, 0.5) is 0 Å². The van der Waals surface area contributed by atoms with E-state index in [1.54, 1.807) is 0 Å². The van der Waals surface area contributed by atoms with E-state index in [1.165, 1.54) is 5.56 Å². The molecule has 3 rings (SSSR count). The van der Waals surface area contributed by atoms with Crippen LogP contribution in [0.2, 0.25) is 0 Å². The maximum Gasteiger partial charge on any atom is 0.192 e. The van der Waals surface area contributed by atoms with E-state index in [2.05, 4.69) is 24.0 Å². The molecular weight excluding hydrogens is 240 g/mol. The summed E-state index contributed by atoms with van der Waals surface area (Å²) < 4.78 is 11.1. The van der Waals surface area contributed by atoms with Crippen LogP contribution < -0.4 is 5.73 Å². The van der Waals surface area contributed by atoms with Crippen LogP contribution in [-0.4, -0.2) is 24.7 Å². The van der Waals surface area contributed by atoms with Crippen LogP contribution in [0.3, 0.4) is 0 Å². The molecule has 2 aromatic rings. The van der Waals surface area contributed by atoms with Gasteiger partial charge in [-0.05, 0) is 36.6 Å². The van der Waals surface area contributed by atoms with Gasteiger partial charge in [-0.3, -0.25) is 0 Å². The van der Waals surface area contributed by atoms with Gasteiger partial charge in [0.2, 0.25) is 0 Å². The Morgan fingerprint density at radius 3 is 2.84 bits per heavy atom. The summed E-state index contributed by atoms with van der Waals surface area (Å²) in [5.41, 5.74) is 8.86. The van der Waals surface area contributed by atoms with Crippen molar-refractivity contribution in [2.24, 2.45) is 11.7 Å². The standard InChI is InChI=1S/C15H20N2O2/c1-10(5-6-16)15(8-18-9-15)12-3-4-13-14(7-12)19-11(2)17-13/h3-4,7,10H,5-6,8-9,16H2,1-2H3. The maximum absolute atomic E-state index is 5.71. The number of rotatable bonds is 4. The molecule has 1 aromatic heterocycles. The van der Waals surface area contributed by atoms with Crippen molar-refractivity contribution in [3.05, 3.63) is 29.7 Å². The van der Waals surface area contributed by atoms with Gasteiger partial charge in [-0.1, -0.05) is 13.0 Å². The van der Waals surface area contributed by atoms with E-state index in [1.807, 2.05) is 13.0 Å². The van der Waals surface area contributed by atoms with Crippen molar-refractivity contribution < 1.29 is 9.15 Å². The molecule has 2 N–H and O–H groups in total. The van der Waals surface area contributed by atoms with Crippen molar-refractivity contribution in [3.8, 4) is 0 Å². The lowest BCUT2D eigenvalue weighted by Crippen LogP contribution is -2.52. The molecule has 1 unspecified atom stereocenters. The van der Waals surface area contributed by atoms with Gasteiger partial charge in [-0.15, -0.1) is 0 Å². The number of hydrogen-bond donors (Lipinski definition) is 1. The number of hydrogen-bond acceptors (Lipinski definition) is 4. The fraction of sp³-hybridized carbons (Fsp3) is 0.533. The number of aromatic nitrogens is 1. The number of nitrogens with zero attached hydrogens (tertiary/aromatic N) is 1. The second kappa shape index (κ2) is 4.62. The molecule has 4 heteroatoms. The Kier molecular flexibility index (Phi) is 3.07. The summed E-state index contributed by atoms with van der Waals surface area (Å²) in [7, 11) is 0. The van der Waals surface area contributed by atoms with Crippen LogP contribution >= 0.6 is 0 Å². The highest BCUT2D eigenvalue weighted by molar-refractivity contribution is 5.73. The van der Waals surface area contributed by atoms with Crippen LogP contribution in [0.15, 0.2) is 22.6 Å². The largest absolute Gasteiger partial charge is 0.441 e. The number of ether oxygens (including phenoxy) is 1. The first-order chi connectivity index (χ1) is 9.15. The third-order valence-electron chi connectivity index (χ3n) is 4.33. The highest BCUT2D eigenvalue weighted by Gasteiger charge is 2.44. The van der Waals surface area contributed by atoms with Crippen LogP contribution in [0, 0.1) is 12.8 Å². The van der Waals surface area contributed by atoms with E-state index >= 15 is 0 Å². The van der Waals surface area contributed by atoms with Gasteiger partial charge in [0.1, 0.15) is 5.52 Å². The molecule has 0 radical (unpaired) electrons. The van der Waals surface area contributed by atoms with Crippen LogP contribution in [0.25, 0.3) is 11.1 Å². The fourth-order valence-corrected chi connectivity index (χ4v) is 2.93. The third kappa shape index (κ3) is 1.95. The van der Waals surface area contributed by atoms with E-state index in [4.69, 9.17) is 14.9 Å². The SMILES string of the molecule is Cc1nc2ccc(C3(C(C)CCN)COC3)cc2o1. The van der Waals surface area contributed by atoms with Crippen LogP contribution in [0.1, 0.15) is 24.8 Å². The van der Waals surface area contributed by atoms with Gasteiger partial charge in [0.25, 0.3) is 0 Å². The van der Waals surface area contributed by atoms with Crippen LogP contribution in [-0.2, 0) is 10.2 Å². The minimum Gasteiger partial charge on any atom is -0.441 e. The van der Waals surface area contributed by atoms with Gasteiger partial charge in [-0.2, -0.15) is 0 Å². The average Bonchev–Trinajstić information content (AvgIpc) is 2.67. The van der Waals surface area contributed by atoms with Gasteiger partial charge in [0, 0.05) is 12.3 Å². The fourth-order valence-electron chi connectivity index (χ4n) is 2.93. The Morgan fingerprint density at radius 1 is 1.42 bits per heavy atom. The zero-order valence-electron chi connectivity index (χ0n) is 11.5. The second-order valence-electron chi connectivity index (χ2n) is 5.54. The first-order valence-electron chi connectivity index (χ1n) is 6.81. The minimum atomic E-state index is 0.0915. The lowest BCUT2D eigenvalue weighted by atomic mass is 9.68. The van der Waals surface area contributed by atoms with Gasteiger partial charge in [0.15, 0.2) is 11.5 Å². The van der Waals surface area contributed by atoms with E-state index in [0.717, 1.165) is 30.7 Å². The number of oxazole rings is 1. The number of benzene rings is 1. The summed E-state index contributed by atoms with van der Waals surface area (Å²) in [6.07, 6.45) is 1.01. The number of aryl methyl sites for hydroxylation is 1. The van der Waals surface area contributed by atoms with Gasteiger partial charge >= 0.3 is 0 Å². The predicted octanol–water partition coefficient (Wildman–Crippen LogP) is 2.39. The first-order valence-corrected chi connectivity index (χ1v) is 6.81. The summed E-state index contributed by atoms with van der Waals surface area (Å²) in [5, 5.41) is 0. The Hall–Kier alpha value is -1.39. The first kappa shape index (κ1) is 12.6. The average molecular weight is 260 g/mol. The quantitative estimate of drug-likeness (QED) is 0.917. The number of fused-ring (bicyclic) bond motifs is 1. The van der Waals surface area contributed by atoms with Crippen molar-refractivity contribution in [1.29, 1.82) is 0 Å². The predicted molar refractivity (Wildman–Crippen MR) is 74.1 cm³/mol. The molecule has 1 atom stereocenters. The molecule has 0 aliphatic carbocycles. The summed E-state index contributed by atoms with van der Waals surface area (Å²) in [4.78, 5) is 4.34. The lowest BCUT2D eigenvalue weighted by Gasteiger charge is -2.46. The summed E-state index contributed by atoms with van der Waals surface area (Å²) in [6.45, 7) is 6.39. The Bertz CT molecular complexity index is 587. The van der Waals surface area contributed by atoms with Crippen molar-refractivity contribution in [3.63, 3.8) is 0 Å². The van der Waals surface area contributed by atoms with E-state index < -0.39 is 0 Å². The van der Waals surface area contributed by atoms with Crippen molar-refractivity contribution >= 4 is 11.1 Å². The summed E-state index contributed by atoms with van der Waals surface area (Å²) in [6, 6.07) is 6.31. The summed E-state index contributed by atoms with van der Waals surface area (Å²) in [5.74, 6) is 1.22. The molecular formula is C15H20N2O2. The molecule has 1 saturated heterocycles. The smallest absolute Gasteiger partial charge is 0.192 e. The van der Waals surface area contributed by atoms with E-state index in [-0.39, 0.29) is 5.41 Å². The normalized spacial score (nSPS) is 19.3. The maximum atomic E-state index is 5.71. The minimum absolute atomic E-state index is 0.0915. The molecule has 0 saturated carbocycles. The number of nitrogens with two attached hydrogens (primary N) is 1. The molecule has 4 nitrogen and oxygen atoms in total. The lowest BCUT2D eigenvalue weighted by molar-refractivity contribution is -0.0882. The van der Waals surface area contributed by atoms with Gasteiger partial charge < -0.3 is 14.9 Å². The monoisotopic (exact) mass is 260 g/mol. The molecule has 1 fully saturated rings. The van der Waals surface area contributed by atoms with Crippen LogP contribution in [0.5, 0.6) is 0 Å². The van der Waals surface area contributed by atoms with E-state index in [9.17, 15) is 0 Å². The highest BCUT2D eigenvalue weighted by Crippen LogP contribution is 2.41.